The first-order valence-corrected chi connectivity index (χ1v) is 20.5. The number of anilines is 1. The van der Waals surface area contributed by atoms with E-state index in [0.29, 0.717) is 42.9 Å². The first-order valence-electron chi connectivity index (χ1n) is 20.1. The summed E-state index contributed by atoms with van der Waals surface area (Å²) in [6, 6.07) is 25.0. The van der Waals surface area contributed by atoms with Crippen LogP contribution in [0.25, 0.3) is 21.9 Å². The number of amides is 1. The molecule has 12 nitrogen and oxygen atoms in total. The Kier molecular flexibility index (Phi) is 13.1. The summed E-state index contributed by atoms with van der Waals surface area (Å²) in [5, 5.41) is 17.0. The van der Waals surface area contributed by atoms with Crippen molar-refractivity contribution in [3.8, 4) is 5.75 Å². The molecule has 7 rings (SSSR count). The van der Waals surface area contributed by atoms with E-state index < -0.39 is 6.10 Å². The van der Waals surface area contributed by atoms with Gasteiger partial charge in [0.2, 0.25) is 5.56 Å². The summed E-state index contributed by atoms with van der Waals surface area (Å²) < 4.78 is 19.4. The second-order valence-corrected chi connectivity index (χ2v) is 15.7. The van der Waals surface area contributed by atoms with E-state index >= 15 is 0 Å². The highest BCUT2D eigenvalue weighted by atomic mass is 32.1. The predicted molar refractivity (Wildman–Crippen MR) is 232 cm³/mol. The number of fused-ring (bicyclic) bond motifs is 2. The van der Waals surface area contributed by atoms with Gasteiger partial charge in [-0.3, -0.25) is 9.59 Å². The molecule has 0 aliphatic carbocycles. The van der Waals surface area contributed by atoms with E-state index in [0.717, 1.165) is 89.1 Å². The van der Waals surface area contributed by atoms with Crippen LogP contribution < -0.4 is 26.2 Å². The molecule has 3 aromatic carbocycles. The van der Waals surface area contributed by atoms with E-state index in [1.165, 1.54) is 6.07 Å². The van der Waals surface area contributed by atoms with E-state index in [1.807, 2.05) is 77.6 Å². The fourth-order valence-corrected chi connectivity index (χ4v) is 7.91. The van der Waals surface area contributed by atoms with Crippen LogP contribution in [-0.2, 0) is 41.5 Å². The fourth-order valence-electron chi connectivity index (χ4n) is 7.72. The number of pyridine rings is 2. The summed E-state index contributed by atoms with van der Waals surface area (Å²) in [5.74, 6) is 0.427. The minimum Gasteiger partial charge on any atom is -0.487 e. The molecule has 4 N–H and O–H groups in total. The van der Waals surface area contributed by atoms with Gasteiger partial charge in [0.15, 0.2) is 5.65 Å². The molecule has 1 atom stereocenters. The molecule has 304 valence electrons. The molecule has 1 aliphatic rings. The van der Waals surface area contributed by atoms with Crippen molar-refractivity contribution in [3.05, 3.63) is 129 Å². The van der Waals surface area contributed by atoms with Crippen molar-refractivity contribution in [1.29, 1.82) is 0 Å². The molecule has 0 bridgehead atoms. The number of nitrogens with zero attached hydrogens (tertiary/aromatic N) is 3. The van der Waals surface area contributed by atoms with Gasteiger partial charge < -0.3 is 34.6 Å². The molecule has 1 fully saturated rings. The smallest absolute Gasteiger partial charge is 0.251 e. The highest BCUT2D eigenvalue weighted by Gasteiger charge is 2.25. The van der Waals surface area contributed by atoms with Crippen LogP contribution in [0, 0.1) is 0 Å². The number of carbonyl (C=O) groups excluding carboxylic acids is 1. The van der Waals surface area contributed by atoms with Crippen LogP contribution in [0.1, 0.15) is 84.9 Å². The summed E-state index contributed by atoms with van der Waals surface area (Å²) in [4.78, 5) is 34.2. The zero-order chi connectivity index (χ0) is 40.6. The number of aromatic nitrogens is 4. The van der Waals surface area contributed by atoms with Crippen molar-refractivity contribution in [2.45, 2.75) is 90.8 Å². The SMILES string of the molecule is CCc1nc2c(cnn2CC)c(NC2CCOCC2)c1CNC(=O)c1cccc(CC(C)(C)NC[C@H](OS)c2ccc(OCc3ccccc3)c3[nH]c(=O)ccc23)c1. The van der Waals surface area contributed by atoms with Gasteiger partial charge in [0.1, 0.15) is 18.5 Å². The minimum absolute atomic E-state index is 0.152. The molecule has 58 heavy (non-hydrogen) atoms. The zero-order valence-electron chi connectivity index (χ0n) is 33.6. The molecule has 1 amide bonds. The van der Waals surface area contributed by atoms with Crippen LogP contribution in [0.4, 0.5) is 5.69 Å². The topological polar surface area (TPSA) is 144 Å². The Morgan fingerprint density at radius 3 is 2.57 bits per heavy atom. The second kappa shape index (κ2) is 18.6. The number of aryl methyl sites for hydroxylation is 2. The third kappa shape index (κ3) is 9.56. The highest BCUT2D eigenvalue weighted by molar-refractivity contribution is 7.75. The fraction of sp³-hybridized carbons (Fsp3) is 0.378. The maximum Gasteiger partial charge on any atom is 0.251 e. The van der Waals surface area contributed by atoms with Crippen LogP contribution in [-0.4, -0.2) is 57.0 Å². The number of nitrogens with one attached hydrogen (secondary N) is 4. The van der Waals surface area contributed by atoms with Crippen LogP contribution in [0.15, 0.2) is 89.9 Å². The highest BCUT2D eigenvalue weighted by Crippen LogP contribution is 2.34. The van der Waals surface area contributed by atoms with Crippen molar-refractivity contribution in [2.75, 3.05) is 25.1 Å². The summed E-state index contributed by atoms with van der Waals surface area (Å²) in [6.45, 7) is 11.7. The van der Waals surface area contributed by atoms with Crippen molar-refractivity contribution >= 4 is 46.4 Å². The summed E-state index contributed by atoms with van der Waals surface area (Å²) >= 11 is 4.27. The van der Waals surface area contributed by atoms with Gasteiger partial charge in [-0.05, 0) is 100 Å². The van der Waals surface area contributed by atoms with E-state index in [4.69, 9.17) is 18.6 Å². The first-order chi connectivity index (χ1) is 28.2. The number of hydrogen-bond donors (Lipinski definition) is 5. The molecule has 13 heteroatoms. The Balaban J connectivity index is 1.03. The molecular formula is C45H53N7O5S. The second-order valence-electron chi connectivity index (χ2n) is 15.5. The Labute approximate surface area is 344 Å². The Hall–Kier alpha value is -5.21. The average Bonchev–Trinajstić information content (AvgIpc) is 3.66. The molecule has 1 saturated heterocycles. The molecular weight excluding hydrogens is 751 g/mol. The standard InChI is InChI=1S/C45H53N7O5S/c1-5-37-35(41(49-32-19-21-55-22-20-32)36-26-48-52(6-2)43(36)50-37)25-46-44(54)31-14-10-13-30(23-31)24-45(3,4)47-27-39(57-58)33-15-17-38(42-34(33)16-18-40(53)51-42)56-28-29-11-8-7-9-12-29/h7-18,23,26,32,39,47,58H,5-6,19-22,24-25,27-28H2,1-4H3,(H,46,54)(H,49,50)(H,51,53)/t39-/m0/s1. The van der Waals surface area contributed by atoms with E-state index in [1.54, 1.807) is 6.07 Å². The molecule has 3 aromatic heterocycles. The van der Waals surface area contributed by atoms with Gasteiger partial charge in [0.25, 0.3) is 5.91 Å². The lowest BCUT2D eigenvalue weighted by molar-refractivity contribution is 0.0904. The zero-order valence-corrected chi connectivity index (χ0v) is 34.5. The lowest BCUT2D eigenvalue weighted by Gasteiger charge is -2.29. The third-order valence-electron chi connectivity index (χ3n) is 10.8. The van der Waals surface area contributed by atoms with Gasteiger partial charge in [-0.25, -0.2) is 9.67 Å². The largest absolute Gasteiger partial charge is 0.487 e. The predicted octanol–water partition coefficient (Wildman–Crippen LogP) is 7.47. The summed E-state index contributed by atoms with van der Waals surface area (Å²) in [5.41, 5.74) is 7.27. The Morgan fingerprint density at radius 1 is 1.02 bits per heavy atom. The number of hydrogen-bond acceptors (Lipinski definition) is 10. The number of carbonyl (C=O) groups is 1. The number of H-pyrrole nitrogens is 1. The molecule has 0 radical (unpaired) electrons. The van der Waals surface area contributed by atoms with E-state index in [-0.39, 0.29) is 23.0 Å². The van der Waals surface area contributed by atoms with Crippen LogP contribution in [0.2, 0.25) is 0 Å². The van der Waals surface area contributed by atoms with Crippen LogP contribution in [0.5, 0.6) is 5.75 Å². The van der Waals surface area contributed by atoms with Gasteiger partial charge >= 0.3 is 0 Å². The molecule has 6 aromatic rings. The lowest BCUT2D eigenvalue weighted by atomic mass is 9.93. The average molecular weight is 804 g/mol. The minimum atomic E-state index is -0.444. The van der Waals surface area contributed by atoms with Gasteiger partial charge in [-0.2, -0.15) is 5.10 Å². The summed E-state index contributed by atoms with van der Waals surface area (Å²) in [7, 11) is 0. The third-order valence-corrected chi connectivity index (χ3v) is 11.1. The Bertz CT molecular complexity index is 2410. The maximum absolute atomic E-state index is 13.8. The maximum atomic E-state index is 13.8. The van der Waals surface area contributed by atoms with Gasteiger partial charge in [-0.1, -0.05) is 55.5 Å². The van der Waals surface area contributed by atoms with Crippen LogP contribution in [0.3, 0.4) is 0 Å². The quantitative estimate of drug-likeness (QED) is 0.0469. The first kappa shape index (κ1) is 41.0. The Morgan fingerprint density at radius 2 is 1.81 bits per heavy atom. The van der Waals surface area contributed by atoms with Crippen molar-refractivity contribution < 1.29 is 18.5 Å². The van der Waals surface area contributed by atoms with Gasteiger partial charge in [0, 0.05) is 72.7 Å². The van der Waals surface area contributed by atoms with Crippen molar-refractivity contribution in [3.63, 3.8) is 0 Å². The van der Waals surface area contributed by atoms with E-state index in [9.17, 15) is 9.59 Å². The van der Waals surface area contributed by atoms with Crippen molar-refractivity contribution in [1.82, 2.24) is 30.4 Å². The number of rotatable bonds is 17. The number of thiol groups is 1. The molecule has 0 spiro atoms. The number of ether oxygens (including phenoxy) is 2. The molecule has 4 heterocycles. The normalized spacial score (nSPS) is 14.2. The number of benzene rings is 3. The monoisotopic (exact) mass is 803 g/mol. The number of aromatic amines is 1. The molecule has 1 aliphatic heterocycles. The van der Waals surface area contributed by atoms with E-state index in [2.05, 4.69) is 66.6 Å². The molecule has 0 saturated carbocycles. The van der Waals surface area contributed by atoms with Gasteiger partial charge in [0.05, 0.1) is 22.8 Å². The van der Waals surface area contributed by atoms with Gasteiger partial charge in [-0.15, -0.1) is 0 Å². The lowest BCUT2D eigenvalue weighted by Crippen LogP contribution is -2.43. The molecule has 0 unspecified atom stereocenters. The van der Waals surface area contributed by atoms with Crippen molar-refractivity contribution in [2.24, 2.45) is 0 Å². The van der Waals surface area contributed by atoms with Crippen LogP contribution >= 0.6 is 12.9 Å². The summed E-state index contributed by atoms with van der Waals surface area (Å²) in [6.07, 6.45) is 4.63.